The lowest BCUT2D eigenvalue weighted by atomic mass is 9.12. The quantitative estimate of drug-likeness (QED) is 0.00910. The summed E-state index contributed by atoms with van der Waals surface area (Å²) in [5.74, 6) is -26.6. The lowest BCUT2D eigenvalue weighted by molar-refractivity contribution is 0.0270. The van der Waals surface area contributed by atoms with E-state index >= 15 is 35.1 Å². The molecule has 0 aliphatic carbocycles. The Morgan fingerprint density at radius 3 is 0.616 bits per heavy atom. The van der Waals surface area contributed by atoms with Gasteiger partial charge in [-0.25, -0.2) is 52.7 Å². The molecule has 34 heteroatoms. The van der Waals surface area contributed by atoms with E-state index in [2.05, 4.69) is 18.2 Å². The van der Waals surface area contributed by atoms with E-state index in [-0.39, 0.29) is 0 Å². The van der Waals surface area contributed by atoms with Crippen LogP contribution in [0.1, 0.15) is 0 Å². The van der Waals surface area contributed by atoms with Crippen LogP contribution in [-0.4, -0.2) is 125 Å². The van der Waals surface area contributed by atoms with Crippen molar-refractivity contribution in [2.45, 2.75) is 14.7 Å². The van der Waals surface area contributed by atoms with Crippen LogP contribution in [0, 0.1) is 69.8 Å². The minimum absolute atomic E-state index is 0.351. The molecule has 0 amide bonds. The normalized spacial score (nSPS) is 11.4. The first kappa shape index (κ1) is 88.6. The molecule has 596 valence electrons. The molecule has 0 heterocycles. The maximum absolute atomic E-state index is 16.0. The van der Waals surface area contributed by atoms with Crippen LogP contribution >= 0.6 is 92.8 Å². The van der Waals surface area contributed by atoms with Gasteiger partial charge < -0.3 is 56.8 Å². The van der Waals surface area contributed by atoms with E-state index in [4.69, 9.17) is 150 Å². The lowest BCUT2D eigenvalue weighted by Crippen LogP contribution is -2.79. The summed E-state index contributed by atoms with van der Waals surface area (Å²) < 4.78 is 254. The zero-order valence-corrected chi connectivity index (χ0v) is 65.1. The minimum atomic E-state index is -5.62. The van der Waals surface area contributed by atoms with Crippen molar-refractivity contribution in [3.63, 3.8) is 0 Å². The molecule has 0 saturated carbocycles. The fourth-order valence-corrected chi connectivity index (χ4v) is 15.6. The minimum Gasteiger partial charge on any atom is -0.491 e. The Labute approximate surface area is 678 Å². The lowest BCUT2D eigenvalue weighted by Gasteiger charge is -2.46. The summed E-state index contributed by atoms with van der Waals surface area (Å²) >= 11 is 46.6. The fraction of sp³-hybridized carbons (Fsp3) is 0.231. The van der Waals surface area contributed by atoms with Crippen LogP contribution < -0.4 is 50.3 Å². The Morgan fingerprint density at radius 1 is 0.205 bits per heavy atom. The number of para-hydroxylation sites is 6. The van der Waals surface area contributed by atoms with Gasteiger partial charge in [0.15, 0.2) is 63.8 Å². The number of rotatable bonds is 40. The maximum Gasteiger partial charge on any atom is 0.208 e. The molecule has 0 aliphatic rings. The highest BCUT2D eigenvalue weighted by Gasteiger charge is 2.50. The molecule has 0 fully saturated rings. The van der Waals surface area contributed by atoms with Crippen molar-refractivity contribution in [2.24, 2.45) is 0 Å². The summed E-state index contributed by atoms with van der Waals surface area (Å²) in [5.41, 5.74) is -8.47. The SMILES string of the molecule is Fc1c(F)c(Cl)c(Cl)c([B-](c2c(F)c(F)c(F)c(Cl)c2Cl)(c2c(F)c(F)c(F)c(Cl)c2Cl)c2c(F)c(F)c(F)c(Cl)c2Cl)c1F.c1ccc(OCCOCCOCCOc2ccccc2[S+](c2ccccc2OCCOCCOCCOc2ccccc2)c2ccccc2OCCOCCOCCOc2ccccc2)cc1. The predicted octanol–water partition coefficient (Wildman–Crippen LogP) is 19.2. The van der Waals surface area contributed by atoms with Gasteiger partial charge in [-0.3, -0.25) is 0 Å². The van der Waals surface area contributed by atoms with Gasteiger partial charge in [0.25, 0.3) is 0 Å². The van der Waals surface area contributed by atoms with E-state index in [1.807, 2.05) is 146 Å². The van der Waals surface area contributed by atoms with Crippen LogP contribution in [0.25, 0.3) is 0 Å². The third-order valence-electron chi connectivity index (χ3n) is 16.2. The van der Waals surface area contributed by atoms with Crippen molar-refractivity contribution in [1.29, 1.82) is 0 Å². The molecule has 0 radical (unpaired) electrons. The van der Waals surface area contributed by atoms with Gasteiger partial charge in [-0.15, -0.1) is 21.9 Å². The number of ether oxygens (including phenoxy) is 12. The summed E-state index contributed by atoms with van der Waals surface area (Å²) in [6.07, 6.45) is -5.62. The third kappa shape index (κ3) is 21.8. The summed E-state index contributed by atoms with van der Waals surface area (Å²) in [6.45, 7) is 7.77. The van der Waals surface area contributed by atoms with E-state index in [0.29, 0.717) is 119 Å². The van der Waals surface area contributed by atoms with Crippen molar-refractivity contribution in [3.05, 3.63) is 274 Å². The zero-order valence-electron chi connectivity index (χ0n) is 58.3. The van der Waals surface area contributed by atoms with Crippen molar-refractivity contribution in [1.82, 2.24) is 0 Å². The van der Waals surface area contributed by atoms with Gasteiger partial charge in [0.05, 0.1) is 99.4 Å². The molecule has 10 aromatic rings. The molecular formula is C78H63BCl8F12O12S. The largest absolute Gasteiger partial charge is 0.491 e. The van der Waals surface area contributed by atoms with E-state index in [1.54, 1.807) is 0 Å². The van der Waals surface area contributed by atoms with Gasteiger partial charge >= 0.3 is 0 Å². The standard InChI is InChI=1S/C54H63O12S.C24BCl8F12/c1-4-16-46(17-5-1)61-40-34-55-28-31-58-37-43-64-49-22-10-13-25-52(49)67(53-26-14-11-23-50(53)65-44-38-59-32-29-56-35-41-62-47-18-6-2-7-19-47)54-27-15-12-24-51(54)66-45-39-60-33-30-57-36-42-63-48-20-8-3-9-21-48;26-5-1(13(34)21(42)17(38)9(5)30)25(2-6(27)10(31)18(39)22(43)14(2)35,3-7(28)11(32)19(40)23(44)15(3)36)4-8(29)12(33)20(41)24(45)16(4)37/h1-27H,28-45H2;/q+1;-1. The van der Waals surface area contributed by atoms with Crippen molar-refractivity contribution < 1.29 is 110 Å². The molecule has 10 aromatic carbocycles. The van der Waals surface area contributed by atoms with E-state index in [9.17, 15) is 17.6 Å². The molecule has 0 atom stereocenters. The Hall–Kier alpha value is -7.35. The Morgan fingerprint density at radius 2 is 0.393 bits per heavy atom. The number of benzene rings is 10. The topological polar surface area (TPSA) is 111 Å². The number of halogens is 20. The molecule has 0 saturated heterocycles. The van der Waals surface area contributed by atoms with Gasteiger partial charge in [-0.05, 0) is 72.8 Å². The molecule has 0 aromatic heterocycles. The Balaban J connectivity index is 0.000000278. The molecule has 0 aliphatic heterocycles. The maximum atomic E-state index is 16.0. The van der Waals surface area contributed by atoms with Crippen LogP contribution in [-0.2, 0) is 39.3 Å². The molecule has 0 spiro atoms. The summed E-state index contributed by atoms with van der Waals surface area (Å²) in [4.78, 5) is 2.93. The summed E-state index contributed by atoms with van der Waals surface area (Å²) in [6, 6.07) is 53.4. The zero-order chi connectivity index (χ0) is 80.4. The first-order valence-electron chi connectivity index (χ1n) is 33.7. The average molecular weight is 1750 g/mol. The van der Waals surface area contributed by atoms with Gasteiger partial charge in [-0.2, -0.15) is 0 Å². The monoisotopic (exact) mass is 1740 g/mol. The van der Waals surface area contributed by atoms with Crippen LogP contribution in [0.5, 0.6) is 34.5 Å². The highest BCUT2D eigenvalue weighted by Crippen LogP contribution is 2.45. The molecule has 112 heavy (non-hydrogen) atoms. The molecule has 0 bridgehead atoms. The van der Waals surface area contributed by atoms with E-state index in [0.717, 1.165) is 49.2 Å². The van der Waals surface area contributed by atoms with E-state index < -0.39 is 149 Å². The van der Waals surface area contributed by atoms with Gasteiger partial charge in [0.2, 0.25) is 14.7 Å². The average Bonchev–Trinajstić information content (AvgIpc) is 0.680. The molecule has 12 nitrogen and oxygen atoms in total. The first-order chi connectivity index (χ1) is 54.1. The summed E-state index contributed by atoms with van der Waals surface area (Å²) in [5, 5.41) is -13.9. The summed E-state index contributed by atoms with van der Waals surface area (Å²) in [7, 11) is -0.725. The predicted molar refractivity (Wildman–Crippen MR) is 408 cm³/mol. The van der Waals surface area contributed by atoms with Crippen molar-refractivity contribution in [2.75, 3.05) is 119 Å². The van der Waals surface area contributed by atoms with Gasteiger partial charge in [0.1, 0.15) is 97.2 Å². The smallest absolute Gasteiger partial charge is 0.208 e. The van der Waals surface area contributed by atoms with Crippen LogP contribution in [0.3, 0.4) is 0 Å². The molecule has 0 N–H and O–H groups in total. The second-order valence-corrected chi connectivity index (χ2v) is 28.1. The van der Waals surface area contributed by atoms with E-state index in [1.165, 1.54) is 0 Å². The van der Waals surface area contributed by atoms with Gasteiger partial charge in [-0.1, -0.05) is 184 Å². The molecular weight excluding hydrogens is 1680 g/mol. The second-order valence-electron chi connectivity index (χ2n) is 23.2. The van der Waals surface area contributed by atoms with Gasteiger partial charge in [0, 0.05) is 20.1 Å². The Kier molecular flexibility index (Phi) is 34.8. The van der Waals surface area contributed by atoms with Crippen molar-refractivity contribution >= 4 is 132 Å². The number of hydrogen-bond acceptors (Lipinski definition) is 12. The Bertz CT molecular complexity index is 4140. The third-order valence-corrected chi connectivity index (χ3v) is 21.9. The first-order valence-corrected chi connectivity index (χ1v) is 37.9. The molecule has 10 rings (SSSR count). The number of hydrogen-bond donors (Lipinski definition) is 0. The second kappa shape index (κ2) is 43.9. The highest BCUT2D eigenvalue weighted by atomic mass is 35.5. The van der Waals surface area contributed by atoms with Crippen LogP contribution in [0.4, 0.5) is 52.7 Å². The van der Waals surface area contributed by atoms with Crippen LogP contribution in [0.2, 0.25) is 40.2 Å². The van der Waals surface area contributed by atoms with Crippen LogP contribution in [0.15, 0.2) is 178 Å². The highest BCUT2D eigenvalue weighted by molar-refractivity contribution is 7.97. The molecule has 0 unspecified atom stereocenters. The fourth-order valence-electron chi connectivity index (χ4n) is 11.2. The van der Waals surface area contributed by atoms with Crippen molar-refractivity contribution in [3.8, 4) is 34.5 Å².